The van der Waals surface area contributed by atoms with Gasteiger partial charge in [0.1, 0.15) is 0 Å². The van der Waals surface area contributed by atoms with Crippen LogP contribution in [0.4, 0.5) is 0 Å². The van der Waals surface area contributed by atoms with Crippen molar-refractivity contribution < 1.29 is 24.2 Å². The zero-order valence-corrected chi connectivity index (χ0v) is 12.0. The number of rotatable bonds is 8. The smallest absolute Gasteiger partial charge is 0.333 e. The van der Waals surface area contributed by atoms with Crippen molar-refractivity contribution >= 4 is 11.9 Å². The van der Waals surface area contributed by atoms with Gasteiger partial charge in [0.2, 0.25) is 0 Å². The maximum absolute atomic E-state index is 11.4. The Morgan fingerprint density at radius 2 is 1.95 bits per heavy atom. The van der Waals surface area contributed by atoms with Gasteiger partial charge in [-0.1, -0.05) is 6.42 Å². The number of carbonyl (C=O) groups excluding carboxylic acids is 1. The topological polar surface area (TPSA) is 76.1 Å². The minimum absolute atomic E-state index is 0.228. The highest BCUT2D eigenvalue weighted by atomic mass is 16.5. The average molecular weight is 285 g/mol. The Balaban J connectivity index is 2.20. The molecule has 1 heterocycles. The van der Waals surface area contributed by atoms with Gasteiger partial charge in [-0.05, 0) is 25.8 Å². The fourth-order valence-corrected chi connectivity index (χ4v) is 2.17. The molecule has 0 unspecified atom stereocenters. The lowest BCUT2D eigenvalue weighted by atomic mass is 10.1. The van der Waals surface area contributed by atoms with Gasteiger partial charge in [0.15, 0.2) is 0 Å². The molecular weight excluding hydrogens is 262 g/mol. The number of morpholine rings is 1. The van der Waals surface area contributed by atoms with E-state index in [1.165, 1.54) is 7.11 Å². The Labute approximate surface area is 119 Å². The highest BCUT2D eigenvalue weighted by Crippen LogP contribution is 2.11. The molecule has 0 aliphatic carbocycles. The molecule has 114 valence electrons. The molecule has 1 N–H and O–H groups in total. The van der Waals surface area contributed by atoms with Crippen molar-refractivity contribution in [2.75, 3.05) is 40.0 Å². The van der Waals surface area contributed by atoms with Gasteiger partial charge in [0.25, 0.3) is 0 Å². The van der Waals surface area contributed by atoms with Gasteiger partial charge in [-0.25, -0.2) is 9.59 Å². The van der Waals surface area contributed by atoms with Crippen LogP contribution in [0.2, 0.25) is 0 Å². The van der Waals surface area contributed by atoms with Crippen LogP contribution in [0.3, 0.4) is 0 Å². The summed E-state index contributed by atoms with van der Waals surface area (Å²) in [7, 11) is 1.26. The van der Waals surface area contributed by atoms with Crippen LogP contribution in [0.25, 0.3) is 0 Å². The van der Waals surface area contributed by atoms with E-state index in [1.54, 1.807) is 0 Å². The van der Waals surface area contributed by atoms with Crippen molar-refractivity contribution in [2.45, 2.75) is 25.7 Å². The molecule has 1 aliphatic heterocycles. The molecule has 0 amide bonds. The molecule has 0 atom stereocenters. The van der Waals surface area contributed by atoms with E-state index in [4.69, 9.17) is 9.84 Å². The van der Waals surface area contributed by atoms with Crippen molar-refractivity contribution in [3.05, 3.63) is 11.6 Å². The van der Waals surface area contributed by atoms with E-state index in [0.717, 1.165) is 58.2 Å². The van der Waals surface area contributed by atoms with E-state index in [1.807, 2.05) is 0 Å². The zero-order chi connectivity index (χ0) is 14.8. The maximum Gasteiger partial charge on any atom is 0.333 e. The lowest BCUT2D eigenvalue weighted by molar-refractivity contribution is -0.137. The van der Waals surface area contributed by atoms with Crippen LogP contribution in [0, 0.1) is 0 Å². The lowest BCUT2D eigenvalue weighted by Crippen LogP contribution is -2.36. The second-order valence-electron chi connectivity index (χ2n) is 4.76. The summed E-state index contributed by atoms with van der Waals surface area (Å²) in [6.07, 6.45) is 4.18. The van der Waals surface area contributed by atoms with Crippen LogP contribution < -0.4 is 0 Å². The lowest BCUT2D eigenvalue weighted by Gasteiger charge is -2.26. The first kappa shape index (κ1) is 16.7. The molecule has 0 spiro atoms. The highest BCUT2D eigenvalue weighted by Gasteiger charge is 2.12. The summed E-state index contributed by atoms with van der Waals surface area (Å²) in [5, 5.41) is 8.70. The molecule has 0 aromatic rings. The summed E-state index contributed by atoms with van der Waals surface area (Å²) in [5.74, 6) is -1.67. The predicted octanol–water partition coefficient (Wildman–Crippen LogP) is 1.06. The summed E-state index contributed by atoms with van der Waals surface area (Å²) in [6, 6.07) is 0. The molecule has 0 bridgehead atoms. The largest absolute Gasteiger partial charge is 0.478 e. The van der Waals surface area contributed by atoms with Crippen molar-refractivity contribution in [1.82, 2.24) is 4.90 Å². The Morgan fingerprint density at radius 1 is 1.25 bits per heavy atom. The van der Waals surface area contributed by atoms with Gasteiger partial charge in [-0.15, -0.1) is 0 Å². The maximum atomic E-state index is 11.4. The Hall–Kier alpha value is -1.40. The van der Waals surface area contributed by atoms with Crippen LogP contribution >= 0.6 is 0 Å². The number of hydrogen-bond acceptors (Lipinski definition) is 5. The molecule has 1 fully saturated rings. The number of carboxylic acid groups (broad SMARTS) is 1. The minimum Gasteiger partial charge on any atom is -0.478 e. The number of methoxy groups -OCH3 is 1. The number of ether oxygens (including phenoxy) is 2. The second-order valence-corrected chi connectivity index (χ2v) is 4.76. The van der Waals surface area contributed by atoms with E-state index in [2.05, 4.69) is 9.64 Å². The molecule has 0 aromatic carbocycles. The van der Waals surface area contributed by atoms with Gasteiger partial charge in [0.05, 0.1) is 20.3 Å². The van der Waals surface area contributed by atoms with Gasteiger partial charge in [-0.2, -0.15) is 0 Å². The monoisotopic (exact) mass is 285 g/mol. The zero-order valence-electron chi connectivity index (χ0n) is 12.0. The number of unbranched alkanes of at least 4 members (excludes halogenated alkanes) is 2. The van der Waals surface area contributed by atoms with Crippen molar-refractivity contribution in [3.63, 3.8) is 0 Å². The molecule has 0 saturated carbocycles. The number of aliphatic carboxylic acids is 1. The second kappa shape index (κ2) is 9.50. The highest BCUT2D eigenvalue weighted by molar-refractivity contribution is 5.95. The average Bonchev–Trinajstić information content (AvgIpc) is 2.45. The van der Waals surface area contributed by atoms with Crippen LogP contribution in [-0.4, -0.2) is 61.9 Å². The van der Waals surface area contributed by atoms with E-state index in [0.29, 0.717) is 6.42 Å². The number of carbonyl (C=O) groups is 2. The normalized spacial score (nSPS) is 16.9. The molecule has 0 aromatic heterocycles. The molecule has 0 radical (unpaired) electrons. The Morgan fingerprint density at radius 3 is 2.55 bits per heavy atom. The van der Waals surface area contributed by atoms with Crippen LogP contribution in [-0.2, 0) is 19.1 Å². The number of esters is 1. The van der Waals surface area contributed by atoms with Crippen LogP contribution in [0.5, 0.6) is 0 Å². The van der Waals surface area contributed by atoms with Crippen molar-refractivity contribution in [2.24, 2.45) is 0 Å². The number of nitrogens with zero attached hydrogens (tertiary/aromatic N) is 1. The minimum atomic E-state index is -1.11. The predicted molar refractivity (Wildman–Crippen MR) is 73.5 cm³/mol. The summed E-state index contributed by atoms with van der Waals surface area (Å²) < 4.78 is 9.85. The SMILES string of the molecule is COC(=O)C(=CC(=O)O)CCCCCN1CCOCC1. The van der Waals surface area contributed by atoms with Gasteiger partial charge in [0, 0.05) is 24.7 Å². The summed E-state index contributed by atoms with van der Waals surface area (Å²) in [5.41, 5.74) is 0.228. The molecule has 1 saturated heterocycles. The van der Waals surface area contributed by atoms with Gasteiger partial charge >= 0.3 is 11.9 Å². The quantitative estimate of drug-likeness (QED) is 0.408. The van der Waals surface area contributed by atoms with E-state index >= 15 is 0 Å². The molecule has 1 rings (SSSR count). The van der Waals surface area contributed by atoms with Crippen LogP contribution in [0.1, 0.15) is 25.7 Å². The molecular formula is C14H23NO5. The first-order valence-corrected chi connectivity index (χ1v) is 6.95. The Kier molecular flexibility index (Phi) is 7.91. The van der Waals surface area contributed by atoms with Gasteiger partial charge in [-0.3, -0.25) is 4.90 Å². The fourth-order valence-electron chi connectivity index (χ4n) is 2.17. The van der Waals surface area contributed by atoms with Crippen molar-refractivity contribution in [3.8, 4) is 0 Å². The molecule has 20 heavy (non-hydrogen) atoms. The van der Waals surface area contributed by atoms with E-state index in [-0.39, 0.29) is 5.57 Å². The third-order valence-electron chi connectivity index (χ3n) is 3.27. The summed E-state index contributed by atoms with van der Waals surface area (Å²) in [4.78, 5) is 24.4. The number of carboxylic acids is 1. The third kappa shape index (κ3) is 6.68. The van der Waals surface area contributed by atoms with E-state index in [9.17, 15) is 9.59 Å². The first-order valence-electron chi connectivity index (χ1n) is 6.95. The molecule has 6 heteroatoms. The third-order valence-corrected chi connectivity index (χ3v) is 3.27. The standard InChI is InChI=1S/C14H23NO5/c1-19-14(18)12(11-13(16)17)5-3-2-4-6-15-7-9-20-10-8-15/h11H,2-10H2,1H3,(H,16,17). The summed E-state index contributed by atoms with van der Waals surface area (Å²) in [6.45, 7) is 4.58. The fraction of sp³-hybridized carbons (Fsp3) is 0.714. The number of hydrogen-bond donors (Lipinski definition) is 1. The first-order chi connectivity index (χ1) is 9.63. The van der Waals surface area contributed by atoms with E-state index < -0.39 is 11.9 Å². The van der Waals surface area contributed by atoms with Crippen molar-refractivity contribution in [1.29, 1.82) is 0 Å². The molecule has 6 nitrogen and oxygen atoms in total. The molecule has 1 aliphatic rings. The van der Waals surface area contributed by atoms with Gasteiger partial charge < -0.3 is 14.6 Å². The Bertz CT molecular complexity index is 347. The summed E-state index contributed by atoms with van der Waals surface area (Å²) >= 11 is 0. The van der Waals surface area contributed by atoms with Crippen LogP contribution in [0.15, 0.2) is 11.6 Å².